The maximum Gasteiger partial charge on any atom is 0.283 e. The molecule has 0 saturated heterocycles. The minimum absolute atomic E-state index is 0.110. The van der Waals surface area contributed by atoms with Gasteiger partial charge in [-0.05, 0) is 41.8 Å². The molecule has 7 heteroatoms. The van der Waals surface area contributed by atoms with Gasteiger partial charge in [-0.2, -0.15) is 0 Å². The number of ether oxygens (including phenoxy) is 1. The number of alkyl halides is 2. The molecule has 116 valence electrons. The van der Waals surface area contributed by atoms with Crippen LogP contribution in [0.1, 0.15) is 43.9 Å². The van der Waals surface area contributed by atoms with Crippen LogP contribution in [-0.2, 0) is 10.3 Å². The summed E-state index contributed by atoms with van der Waals surface area (Å²) < 4.78 is 33.6. The zero-order chi connectivity index (χ0) is 15.3. The van der Waals surface area contributed by atoms with E-state index in [1.807, 2.05) is 18.4 Å². The maximum absolute atomic E-state index is 13.4. The Bertz CT molecular complexity index is 579. The molecule has 1 unspecified atom stereocenters. The van der Waals surface area contributed by atoms with Gasteiger partial charge in [-0.3, -0.25) is 0 Å². The minimum Gasteiger partial charge on any atom is -0.459 e. The van der Waals surface area contributed by atoms with Crippen molar-refractivity contribution in [2.24, 2.45) is 10.7 Å². The third-order valence-electron chi connectivity index (χ3n) is 4.34. The summed E-state index contributed by atoms with van der Waals surface area (Å²) in [5.41, 5.74) is 4.74. The lowest BCUT2D eigenvalue weighted by Crippen LogP contribution is -2.51. The van der Waals surface area contributed by atoms with Crippen LogP contribution in [0.25, 0.3) is 0 Å². The van der Waals surface area contributed by atoms with Crippen LogP contribution >= 0.6 is 27.3 Å². The Balaban J connectivity index is 1.90. The van der Waals surface area contributed by atoms with Crippen molar-refractivity contribution in [3.8, 4) is 0 Å². The monoisotopic (exact) mass is 378 g/mol. The number of thiophene rings is 1. The van der Waals surface area contributed by atoms with Crippen LogP contribution in [0, 0.1) is 0 Å². The van der Waals surface area contributed by atoms with Crippen LogP contribution in [-0.4, -0.2) is 17.5 Å². The Morgan fingerprint density at radius 3 is 2.57 bits per heavy atom. The molecule has 21 heavy (non-hydrogen) atoms. The Hall–Kier alpha value is -0.690. The summed E-state index contributed by atoms with van der Waals surface area (Å²) >= 11 is 5.03. The van der Waals surface area contributed by atoms with Crippen molar-refractivity contribution in [1.82, 2.24) is 0 Å². The molecule has 2 heterocycles. The molecule has 1 saturated carbocycles. The molecule has 1 fully saturated rings. The van der Waals surface area contributed by atoms with Gasteiger partial charge in [0.1, 0.15) is 11.1 Å². The van der Waals surface area contributed by atoms with Crippen LogP contribution < -0.4 is 5.73 Å². The largest absolute Gasteiger partial charge is 0.459 e. The molecule has 1 aliphatic carbocycles. The van der Waals surface area contributed by atoms with Crippen molar-refractivity contribution in [1.29, 1.82) is 0 Å². The summed E-state index contributed by atoms with van der Waals surface area (Å²) in [6.45, 7) is 2.00. The zero-order valence-corrected chi connectivity index (χ0v) is 14.1. The summed E-state index contributed by atoms with van der Waals surface area (Å²) in [6.07, 6.45) is 0.926. The Labute approximate surface area is 134 Å². The lowest BCUT2D eigenvalue weighted by atomic mass is 9.74. The molecule has 2 N–H and O–H groups in total. The maximum atomic E-state index is 13.4. The molecule has 0 radical (unpaired) electrons. The Morgan fingerprint density at radius 1 is 1.33 bits per heavy atom. The topological polar surface area (TPSA) is 47.6 Å². The molecular formula is C14H17BrF2N2OS. The van der Waals surface area contributed by atoms with Crippen molar-refractivity contribution in [2.75, 3.05) is 0 Å². The molecule has 0 amide bonds. The number of halogens is 3. The van der Waals surface area contributed by atoms with E-state index in [1.54, 1.807) is 11.3 Å². The molecule has 1 aromatic rings. The first-order valence-corrected chi connectivity index (χ1v) is 8.56. The van der Waals surface area contributed by atoms with Crippen LogP contribution in [0.15, 0.2) is 20.9 Å². The highest BCUT2D eigenvalue weighted by molar-refractivity contribution is 9.10. The van der Waals surface area contributed by atoms with E-state index in [0.29, 0.717) is 19.3 Å². The fourth-order valence-electron chi connectivity index (χ4n) is 3.28. The van der Waals surface area contributed by atoms with E-state index < -0.39 is 17.1 Å². The van der Waals surface area contributed by atoms with Gasteiger partial charge in [0.15, 0.2) is 0 Å². The highest BCUT2D eigenvalue weighted by atomic mass is 79.9. The van der Waals surface area contributed by atoms with E-state index in [-0.39, 0.29) is 18.9 Å². The lowest BCUT2D eigenvalue weighted by Gasteiger charge is -2.46. The first kappa shape index (κ1) is 15.2. The first-order chi connectivity index (χ1) is 9.72. The van der Waals surface area contributed by atoms with Crippen molar-refractivity contribution in [2.45, 2.75) is 56.1 Å². The second-order valence-electron chi connectivity index (χ2n) is 6.17. The first-order valence-electron chi connectivity index (χ1n) is 6.89. The summed E-state index contributed by atoms with van der Waals surface area (Å²) in [5, 5.41) is 1.99. The van der Waals surface area contributed by atoms with Crippen molar-refractivity contribution >= 4 is 33.3 Å². The van der Waals surface area contributed by atoms with Crippen molar-refractivity contribution in [3.05, 3.63) is 20.8 Å². The summed E-state index contributed by atoms with van der Waals surface area (Å²) in [6, 6.07) is 2.12. The summed E-state index contributed by atoms with van der Waals surface area (Å²) in [7, 11) is 0. The predicted octanol–water partition coefficient (Wildman–Crippen LogP) is 4.41. The lowest BCUT2D eigenvalue weighted by molar-refractivity contribution is -0.112. The molecule has 0 bridgehead atoms. The number of aliphatic imine (C=N–C) groups is 1. The van der Waals surface area contributed by atoms with E-state index in [4.69, 9.17) is 10.5 Å². The van der Waals surface area contributed by atoms with Crippen LogP contribution in [0.4, 0.5) is 8.78 Å². The average molecular weight is 379 g/mol. The standard InChI is InChI=1S/C14H17BrF2N2OS/c1-12(10-6-9(15)7-21-10)8-13(20-11(18)19-12)2-4-14(16,17)5-3-13/h6-7H,2-5,8H2,1H3,(H2,18,19). The van der Waals surface area contributed by atoms with Gasteiger partial charge < -0.3 is 10.5 Å². The highest BCUT2D eigenvalue weighted by Crippen LogP contribution is 2.50. The number of hydrogen-bond donors (Lipinski definition) is 1. The van der Waals surface area contributed by atoms with Crippen LogP contribution in [0.5, 0.6) is 0 Å². The van der Waals surface area contributed by atoms with Gasteiger partial charge in [-0.15, -0.1) is 11.3 Å². The number of nitrogens with zero attached hydrogens (tertiary/aromatic N) is 1. The molecule has 1 spiro atoms. The second kappa shape index (κ2) is 4.91. The van der Waals surface area contributed by atoms with Gasteiger partial charge >= 0.3 is 0 Å². The normalized spacial score (nSPS) is 30.8. The molecule has 3 rings (SSSR count). The van der Waals surface area contributed by atoms with Gasteiger partial charge in [0.2, 0.25) is 5.92 Å². The number of amidine groups is 1. The number of rotatable bonds is 1. The Morgan fingerprint density at radius 2 is 2.00 bits per heavy atom. The molecule has 1 aliphatic heterocycles. The van der Waals surface area contributed by atoms with Crippen molar-refractivity contribution < 1.29 is 13.5 Å². The third kappa shape index (κ3) is 2.95. The number of nitrogens with two attached hydrogens (primary N) is 1. The number of hydrogen-bond acceptors (Lipinski definition) is 4. The molecular weight excluding hydrogens is 362 g/mol. The summed E-state index contributed by atoms with van der Waals surface area (Å²) in [4.78, 5) is 5.52. The van der Waals surface area contributed by atoms with Gasteiger partial charge in [0.05, 0.1) is 0 Å². The predicted molar refractivity (Wildman–Crippen MR) is 82.8 cm³/mol. The van der Waals surface area contributed by atoms with Gasteiger partial charge in [0, 0.05) is 34.0 Å². The van der Waals surface area contributed by atoms with E-state index in [2.05, 4.69) is 20.9 Å². The van der Waals surface area contributed by atoms with E-state index >= 15 is 0 Å². The SMILES string of the molecule is CC1(c2cc(Br)cs2)CC2(CCC(F)(F)CC2)OC(N)=N1. The quantitative estimate of drug-likeness (QED) is 0.786. The summed E-state index contributed by atoms with van der Waals surface area (Å²) in [5.74, 6) is -2.58. The fraction of sp³-hybridized carbons (Fsp3) is 0.643. The van der Waals surface area contributed by atoms with Crippen LogP contribution in [0.3, 0.4) is 0 Å². The zero-order valence-electron chi connectivity index (χ0n) is 11.7. The van der Waals surface area contributed by atoms with Gasteiger partial charge in [-0.25, -0.2) is 13.8 Å². The molecule has 2 aliphatic rings. The molecule has 0 aromatic carbocycles. The van der Waals surface area contributed by atoms with E-state index in [0.717, 1.165) is 9.35 Å². The van der Waals surface area contributed by atoms with Gasteiger partial charge in [0.25, 0.3) is 6.02 Å². The smallest absolute Gasteiger partial charge is 0.283 e. The van der Waals surface area contributed by atoms with Crippen molar-refractivity contribution in [3.63, 3.8) is 0 Å². The van der Waals surface area contributed by atoms with E-state index in [9.17, 15) is 8.78 Å². The molecule has 3 nitrogen and oxygen atoms in total. The van der Waals surface area contributed by atoms with Gasteiger partial charge in [-0.1, -0.05) is 0 Å². The minimum atomic E-state index is -2.58. The average Bonchev–Trinajstić information content (AvgIpc) is 2.80. The van der Waals surface area contributed by atoms with E-state index in [1.165, 1.54) is 0 Å². The molecule has 1 atom stereocenters. The third-order valence-corrected chi connectivity index (χ3v) is 6.28. The molecule has 1 aromatic heterocycles. The van der Waals surface area contributed by atoms with Crippen LogP contribution in [0.2, 0.25) is 0 Å². The second-order valence-corrected chi connectivity index (χ2v) is 8.00. The highest BCUT2D eigenvalue weighted by Gasteiger charge is 2.51. The fourth-order valence-corrected chi connectivity index (χ4v) is 4.81. The Kier molecular flexibility index (Phi) is 3.56.